The van der Waals surface area contributed by atoms with E-state index in [0.29, 0.717) is 16.1 Å². The van der Waals surface area contributed by atoms with Crippen LogP contribution in [0.5, 0.6) is 0 Å². The zero-order chi connectivity index (χ0) is 11.3. The maximum absolute atomic E-state index is 10.2. The van der Waals surface area contributed by atoms with E-state index in [1.165, 1.54) is 0 Å². The molecule has 0 amide bonds. The third-order valence-electron chi connectivity index (χ3n) is 1.70. The van der Waals surface area contributed by atoms with Crippen LogP contribution >= 0.6 is 11.6 Å². The molecule has 0 unspecified atom stereocenters. The average molecular weight is 225 g/mol. The first kappa shape index (κ1) is 11.6. The Hall–Kier alpha value is -1.50. The van der Waals surface area contributed by atoms with Crippen molar-refractivity contribution < 1.29 is 15.0 Å². The summed E-state index contributed by atoms with van der Waals surface area (Å²) in [7, 11) is 0. The van der Waals surface area contributed by atoms with Gasteiger partial charge in [0.1, 0.15) is 6.42 Å². The summed E-state index contributed by atoms with van der Waals surface area (Å²) in [5, 5.41) is 17.9. The highest BCUT2D eigenvalue weighted by Gasteiger charge is 1.99. The Balaban J connectivity index is 2.92. The summed E-state index contributed by atoms with van der Waals surface area (Å²) in [6, 6.07) is 4.90. The van der Waals surface area contributed by atoms with E-state index in [1.54, 1.807) is 18.2 Å². The van der Waals surface area contributed by atoms with Gasteiger partial charge in [-0.15, -0.1) is 0 Å². The lowest BCUT2D eigenvalue weighted by atomic mass is 10.1. The molecule has 3 nitrogen and oxygen atoms in total. The Morgan fingerprint density at radius 3 is 2.80 bits per heavy atom. The molecule has 0 aliphatic heterocycles. The third kappa shape index (κ3) is 3.62. The van der Waals surface area contributed by atoms with Crippen molar-refractivity contribution in [3.05, 3.63) is 34.3 Å². The molecule has 15 heavy (non-hydrogen) atoms. The molecule has 0 aliphatic carbocycles. The zero-order valence-electron chi connectivity index (χ0n) is 7.83. The highest BCUT2D eigenvalue weighted by molar-refractivity contribution is 6.30. The van der Waals surface area contributed by atoms with Gasteiger partial charge in [0.2, 0.25) is 0 Å². The first-order valence-electron chi connectivity index (χ1n) is 4.23. The van der Waals surface area contributed by atoms with E-state index < -0.39 is 5.97 Å². The van der Waals surface area contributed by atoms with E-state index in [0.717, 1.165) is 0 Å². The normalized spacial score (nSPS) is 9.20. The van der Waals surface area contributed by atoms with Gasteiger partial charge in [0.15, 0.2) is 0 Å². The lowest BCUT2D eigenvalue weighted by molar-refractivity contribution is -0.135. The Bertz CT molecular complexity index is 429. The van der Waals surface area contributed by atoms with E-state index in [2.05, 4.69) is 11.8 Å². The molecule has 0 saturated carbocycles. The fourth-order valence-corrected chi connectivity index (χ4v) is 1.22. The second-order valence-electron chi connectivity index (χ2n) is 2.83. The third-order valence-corrected chi connectivity index (χ3v) is 1.94. The van der Waals surface area contributed by atoms with Crippen molar-refractivity contribution in [1.29, 1.82) is 0 Å². The van der Waals surface area contributed by atoms with Gasteiger partial charge in [0.25, 0.3) is 0 Å². The number of benzene rings is 1. The van der Waals surface area contributed by atoms with E-state index in [4.69, 9.17) is 21.8 Å². The minimum Gasteiger partial charge on any atom is -0.481 e. The number of carbonyl (C=O) groups is 1. The molecular formula is C11H9ClO3. The number of halogens is 1. The first-order chi connectivity index (χ1) is 7.13. The van der Waals surface area contributed by atoms with Crippen LogP contribution in [0, 0.1) is 11.8 Å². The van der Waals surface area contributed by atoms with Gasteiger partial charge in [-0.1, -0.05) is 23.4 Å². The van der Waals surface area contributed by atoms with E-state index in [1.807, 2.05) is 0 Å². The van der Waals surface area contributed by atoms with Crippen molar-refractivity contribution in [3.8, 4) is 11.8 Å². The monoisotopic (exact) mass is 224 g/mol. The van der Waals surface area contributed by atoms with Crippen LogP contribution in [0.4, 0.5) is 0 Å². The molecule has 0 fully saturated rings. The van der Waals surface area contributed by atoms with Gasteiger partial charge in [0, 0.05) is 10.6 Å². The van der Waals surface area contributed by atoms with Crippen molar-refractivity contribution in [2.45, 2.75) is 13.0 Å². The Morgan fingerprint density at radius 2 is 2.20 bits per heavy atom. The van der Waals surface area contributed by atoms with Crippen molar-refractivity contribution in [2.75, 3.05) is 0 Å². The number of hydrogen-bond acceptors (Lipinski definition) is 2. The Labute approximate surface area is 92.3 Å². The summed E-state index contributed by atoms with van der Waals surface area (Å²) >= 11 is 5.73. The van der Waals surface area contributed by atoms with Crippen molar-refractivity contribution in [1.82, 2.24) is 0 Å². The molecule has 1 aromatic rings. The molecule has 0 bridgehead atoms. The van der Waals surface area contributed by atoms with Crippen molar-refractivity contribution in [3.63, 3.8) is 0 Å². The molecular weight excluding hydrogens is 216 g/mol. The summed E-state index contributed by atoms with van der Waals surface area (Å²) in [5.74, 6) is 4.19. The molecule has 0 atom stereocenters. The minimum atomic E-state index is -0.970. The van der Waals surface area contributed by atoms with E-state index in [9.17, 15) is 4.79 Å². The van der Waals surface area contributed by atoms with Crippen LogP contribution in [0.3, 0.4) is 0 Å². The van der Waals surface area contributed by atoms with Gasteiger partial charge in [0.05, 0.1) is 6.61 Å². The smallest absolute Gasteiger partial charge is 0.315 e. The number of aliphatic carboxylic acids is 1. The van der Waals surface area contributed by atoms with Gasteiger partial charge in [-0.2, -0.15) is 0 Å². The lowest BCUT2D eigenvalue weighted by Gasteiger charge is -2.00. The molecule has 1 rings (SSSR count). The lowest BCUT2D eigenvalue weighted by Crippen LogP contribution is -1.92. The summed E-state index contributed by atoms with van der Waals surface area (Å²) in [5.41, 5.74) is 1.20. The summed E-state index contributed by atoms with van der Waals surface area (Å²) in [6.45, 7) is -0.169. The average Bonchev–Trinajstić information content (AvgIpc) is 2.19. The van der Waals surface area contributed by atoms with Crippen LogP contribution in [-0.4, -0.2) is 16.2 Å². The highest BCUT2D eigenvalue weighted by Crippen LogP contribution is 2.15. The molecule has 4 heteroatoms. The fourth-order valence-electron chi connectivity index (χ4n) is 1.03. The van der Waals surface area contributed by atoms with Crippen LogP contribution in [0.1, 0.15) is 17.5 Å². The number of rotatable bonds is 2. The van der Waals surface area contributed by atoms with Gasteiger partial charge < -0.3 is 10.2 Å². The number of carboxylic acid groups (broad SMARTS) is 1. The van der Waals surface area contributed by atoms with Crippen molar-refractivity contribution >= 4 is 17.6 Å². The molecule has 0 aromatic heterocycles. The van der Waals surface area contributed by atoms with Crippen LogP contribution in [0.15, 0.2) is 18.2 Å². The molecule has 0 saturated heterocycles. The van der Waals surface area contributed by atoms with Crippen molar-refractivity contribution in [2.24, 2.45) is 0 Å². The highest BCUT2D eigenvalue weighted by atomic mass is 35.5. The quantitative estimate of drug-likeness (QED) is 0.752. The van der Waals surface area contributed by atoms with E-state index >= 15 is 0 Å². The number of aliphatic hydroxyl groups excluding tert-OH is 1. The molecule has 2 N–H and O–H groups in total. The summed E-state index contributed by atoms with van der Waals surface area (Å²) in [6.07, 6.45) is -0.215. The standard InChI is InChI=1S/C11H9ClO3/c12-10-5-4-8(9(6-10)7-13)2-1-3-11(14)15/h4-6,13H,3,7H2,(H,14,15). The zero-order valence-corrected chi connectivity index (χ0v) is 8.58. The summed E-state index contributed by atoms with van der Waals surface area (Å²) < 4.78 is 0. The minimum absolute atomic E-state index is 0.169. The number of carboxylic acids is 1. The predicted molar refractivity (Wildman–Crippen MR) is 56.5 cm³/mol. The van der Waals surface area contributed by atoms with Crippen LogP contribution in [0.2, 0.25) is 5.02 Å². The van der Waals surface area contributed by atoms with E-state index in [-0.39, 0.29) is 13.0 Å². The van der Waals surface area contributed by atoms with Gasteiger partial charge >= 0.3 is 5.97 Å². The van der Waals surface area contributed by atoms with Crippen LogP contribution in [0.25, 0.3) is 0 Å². The number of hydrogen-bond donors (Lipinski definition) is 2. The molecule has 0 aliphatic rings. The second-order valence-corrected chi connectivity index (χ2v) is 3.27. The molecule has 0 heterocycles. The first-order valence-corrected chi connectivity index (χ1v) is 4.61. The second kappa shape index (κ2) is 5.40. The molecule has 78 valence electrons. The SMILES string of the molecule is O=C(O)CC#Cc1ccc(Cl)cc1CO. The number of aliphatic hydroxyl groups is 1. The largest absolute Gasteiger partial charge is 0.481 e. The molecule has 0 spiro atoms. The van der Waals surface area contributed by atoms with Gasteiger partial charge in [-0.05, 0) is 23.8 Å². The van der Waals surface area contributed by atoms with Gasteiger partial charge in [-0.3, -0.25) is 4.79 Å². The van der Waals surface area contributed by atoms with Crippen LogP contribution < -0.4 is 0 Å². The predicted octanol–water partition coefficient (Wildman–Crippen LogP) is 1.66. The Morgan fingerprint density at radius 1 is 1.47 bits per heavy atom. The Kier molecular flexibility index (Phi) is 4.17. The van der Waals surface area contributed by atoms with Gasteiger partial charge in [-0.25, -0.2) is 0 Å². The maximum atomic E-state index is 10.2. The summed E-state index contributed by atoms with van der Waals surface area (Å²) in [4.78, 5) is 10.2. The molecule has 1 aromatic carbocycles. The van der Waals surface area contributed by atoms with Crippen LogP contribution in [-0.2, 0) is 11.4 Å². The topological polar surface area (TPSA) is 57.5 Å². The maximum Gasteiger partial charge on any atom is 0.315 e. The molecule has 0 radical (unpaired) electrons. The fraction of sp³-hybridized carbons (Fsp3) is 0.182.